The number of benzene rings is 1. The van der Waals surface area contributed by atoms with Gasteiger partial charge in [-0.25, -0.2) is 0 Å². The predicted molar refractivity (Wildman–Crippen MR) is 74.3 cm³/mol. The summed E-state index contributed by atoms with van der Waals surface area (Å²) in [6.45, 7) is 3.21. The van der Waals surface area contributed by atoms with Crippen molar-refractivity contribution in [1.29, 1.82) is 0 Å². The van der Waals surface area contributed by atoms with Crippen LogP contribution in [0.4, 0.5) is 0 Å². The third-order valence-corrected chi connectivity index (χ3v) is 4.31. The molecule has 1 nitrogen and oxygen atoms in total. The molecule has 94 valence electrons. The van der Waals surface area contributed by atoms with Crippen molar-refractivity contribution in [1.82, 2.24) is 5.32 Å². The summed E-state index contributed by atoms with van der Waals surface area (Å²) in [5.74, 6) is 0.853. The van der Waals surface area contributed by atoms with Gasteiger partial charge >= 0.3 is 0 Å². The van der Waals surface area contributed by atoms with Crippen LogP contribution in [0.25, 0.3) is 0 Å². The molecule has 2 heteroatoms. The van der Waals surface area contributed by atoms with Crippen molar-refractivity contribution in [3.8, 4) is 0 Å². The number of hydrogen-bond acceptors (Lipinski definition) is 1. The molecule has 1 saturated carbocycles. The maximum Gasteiger partial charge on any atom is 0.0450 e. The summed E-state index contributed by atoms with van der Waals surface area (Å²) in [6.07, 6.45) is 6.78. The Hall–Kier alpha value is -0.530. The summed E-state index contributed by atoms with van der Waals surface area (Å²) in [5.41, 5.74) is 1.22. The van der Waals surface area contributed by atoms with Crippen molar-refractivity contribution in [2.45, 2.75) is 51.6 Å². The lowest BCUT2D eigenvalue weighted by molar-refractivity contribution is 0.254. The summed E-state index contributed by atoms with van der Waals surface area (Å²) >= 11 is 6.17. The third-order valence-electron chi connectivity index (χ3n) is 3.95. The molecule has 0 radical (unpaired) electrons. The minimum Gasteiger partial charge on any atom is -0.310 e. The van der Waals surface area contributed by atoms with Gasteiger partial charge in [0.25, 0.3) is 0 Å². The molecule has 0 spiro atoms. The molecule has 0 amide bonds. The molecule has 0 heterocycles. The van der Waals surface area contributed by atoms with Gasteiger partial charge in [0.05, 0.1) is 0 Å². The highest BCUT2D eigenvalue weighted by atomic mass is 35.5. The van der Waals surface area contributed by atoms with E-state index in [4.69, 9.17) is 11.6 Å². The van der Waals surface area contributed by atoms with Gasteiger partial charge in [-0.05, 0) is 30.4 Å². The van der Waals surface area contributed by atoms with Gasteiger partial charge in [0.15, 0.2) is 0 Å². The average molecular weight is 252 g/mol. The first-order valence-corrected chi connectivity index (χ1v) is 7.16. The van der Waals surface area contributed by atoms with Crippen LogP contribution in [-0.2, 0) is 6.54 Å². The lowest BCUT2D eigenvalue weighted by Crippen LogP contribution is -2.37. The second kappa shape index (κ2) is 6.42. The maximum absolute atomic E-state index is 6.17. The van der Waals surface area contributed by atoms with Gasteiger partial charge in [-0.2, -0.15) is 0 Å². The fraction of sp³-hybridized carbons (Fsp3) is 0.600. The van der Waals surface area contributed by atoms with E-state index >= 15 is 0 Å². The van der Waals surface area contributed by atoms with Gasteiger partial charge in [0.2, 0.25) is 0 Å². The molecule has 0 aliphatic heterocycles. The van der Waals surface area contributed by atoms with E-state index in [2.05, 4.69) is 24.4 Å². The monoisotopic (exact) mass is 251 g/mol. The molecule has 2 atom stereocenters. The van der Waals surface area contributed by atoms with Gasteiger partial charge < -0.3 is 5.32 Å². The normalized spacial score (nSPS) is 24.8. The molecule has 1 aromatic carbocycles. The Bertz CT molecular complexity index is 351. The third kappa shape index (κ3) is 3.46. The molecule has 0 aromatic heterocycles. The van der Waals surface area contributed by atoms with E-state index in [0.29, 0.717) is 6.04 Å². The first-order chi connectivity index (χ1) is 8.31. The largest absolute Gasteiger partial charge is 0.310 e. The van der Waals surface area contributed by atoms with Crippen LogP contribution >= 0.6 is 11.6 Å². The van der Waals surface area contributed by atoms with Crippen LogP contribution in [0.5, 0.6) is 0 Å². The fourth-order valence-corrected chi connectivity index (χ4v) is 3.05. The second-order valence-electron chi connectivity index (χ2n) is 5.03. The van der Waals surface area contributed by atoms with Gasteiger partial charge in [0.1, 0.15) is 0 Å². The van der Waals surface area contributed by atoms with Crippen LogP contribution < -0.4 is 5.32 Å². The zero-order valence-electron chi connectivity index (χ0n) is 10.6. The summed E-state index contributed by atoms with van der Waals surface area (Å²) in [4.78, 5) is 0. The maximum atomic E-state index is 6.17. The van der Waals surface area contributed by atoms with E-state index in [-0.39, 0.29) is 0 Å². The van der Waals surface area contributed by atoms with Crippen molar-refractivity contribution in [3.05, 3.63) is 34.9 Å². The van der Waals surface area contributed by atoms with Crippen LogP contribution in [-0.4, -0.2) is 6.04 Å². The summed E-state index contributed by atoms with van der Waals surface area (Å²) in [7, 11) is 0. The molecule has 2 rings (SSSR count). The standard InChI is InChI=1S/C15H22ClN/c1-2-12-7-4-6-10-15(12)17-11-13-8-3-5-9-14(13)16/h3,5,8-9,12,15,17H,2,4,6-7,10-11H2,1H3. The van der Waals surface area contributed by atoms with Gasteiger partial charge in [-0.15, -0.1) is 0 Å². The van der Waals surface area contributed by atoms with E-state index in [1.165, 1.54) is 37.7 Å². The summed E-state index contributed by atoms with van der Waals surface area (Å²) in [6, 6.07) is 8.81. The Morgan fingerprint density at radius 2 is 2.00 bits per heavy atom. The molecule has 1 aromatic rings. The molecule has 17 heavy (non-hydrogen) atoms. The fourth-order valence-electron chi connectivity index (χ4n) is 2.85. The van der Waals surface area contributed by atoms with Crippen molar-refractivity contribution >= 4 is 11.6 Å². The minimum atomic E-state index is 0.685. The Kier molecular flexibility index (Phi) is 4.87. The average Bonchev–Trinajstić information content (AvgIpc) is 2.38. The number of hydrogen-bond donors (Lipinski definition) is 1. The molecular weight excluding hydrogens is 230 g/mol. The predicted octanol–water partition coefficient (Wildman–Crippen LogP) is 4.40. The zero-order valence-corrected chi connectivity index (χ0v) is 11.3. The van der Waals surface area contributed by atoms with Crippen LogP contribution in [0.2, 0.25) is 5.02 Å². The smallest absolute Gasteiger partial charge is 0.0450 e. The highest BCUT2D eigenvalue weighted by Gasteiger charge is 2.22. The Morgan fingerprint density at radius 3 is 2.76 bits per heavy atom. The molecule has 2 unspecified atom stereocenters. The first-order valence-electron chi connectivity index (χ1n) is 6.78. The topological polar surface area (TPSA) is 12.0 Å². The van der Waals surface area contributed by atoms with Crippen LogP contribution in [0, 0.1) is 5.92 Å². The van der Waals surface area contributed by atoms with E-state index in [1.54, 1.807) is 0 Å². The second-order valence-corrected chi connectivity index (χ2v) is 5.44. The Labute approximate surface area is 110 Å². The van der Waals surface area contributed by atoms with E-state index in [0.717, 1.165) is 17.5 Å². The number of rotatable bonds is 4. The number of halogens is 1. The Balaban J connectivity index is 1.90. The van der Waals surface area contributed by atoms with E-state index in [9.17, 15) is 0 Å². The first kappa shape index (κ1) is 12.9. The number of nitrogens with one attached hydrogen (secondary N) is 1. The molecule has 0 bridgehead atoms. The highest BCUT2D eigenvalue weighted by molar-refractivity contribution is 6.31. The zero-order chi connectivity index (χ0) is 12.1. The van der Waals surface area contributed by atoms with E-state index < -0.39 is 0 Å². The van der Waals surface area contributed by atoms with E-state index in [1.807, 2.05) is 12.1 Å². The lowest BCUT2D eigenvalue weighted by atomic mass is 9.83. The summed E-state index contributed by atoms with van der Waals surface area (Å²) in [5, 5.41) is 4.57. The molecular formula is C15H22ClN. The van der Waals surface area contributed by atoms with Gasteiger partial charge in [-0.1, -0.05) is 56.0 Å². The Morgan fingerprint density at radius 1 is 1.24 bits per heavy atom. The summed E-state index contributed by atoms with van der Waals surface area (Å²) < 4.78 is 0. The van der Waals surface area contributed by atoms with Crippen LogP contribution in [0.1, 0.15) is 44.6 Å². The van der Waals surface area contributed by atoms with Gasteiger partial charge in [-0.3, -0.25) is 0 Å². The molecule has 1 aliphatic carbocycles. The lowest BCUT2D eigenvalue weighted by Gasteiger charge is -2.31. The van der Waals surface area contributed by atoms with Crippen molar-refractivity contribution in [3.63, 3.8) is 0 Å². The van der Waals surface area contributed by atoms with Gasteiger partial charge in [0, 0.05) is 17.6 Å². The van der Waals surface area contributed by atoms with Crippen molar-refractivity contribution < 1.29 is 0 Å². The molecule has 1 N–H and O–H groups in total. The van der Waals surface area contributed by atoms with Crippen molar-refractivity contribution in [2.24, 2.45) is 5.92 Å². The highest BCUT2D eigenvalue weighted by Crippen LogP contribution is 2.27. The molecule has 1 aliphatic rings. The van der Waals surface area contributed by atoms with Crippen LogP contribution in [0.15, 0.2) is 24.3 Å². The minimum absolute atomic E-state index is 0.685. The van der Waals surface area contributed by atoms with Crippen LogP contribution in [0.3, 0.4) is 0 Å². The van der Waals surface area contributed by atoms with Crippen molar-refractivity contribution in [2.75, 3.05) is 0 Å². The quantitative estimate of drug-likeness (QED) is 0.837. The molecule has 0 saturated heterocycles. The molecule has 1 fully saturated rings. The SMILES string of the molecule is CCC1CCCCC1NCc1ccccc1Cl.